The Kier molecular flexibility index (Phi) is 6.72. The van der Waals surface area contributed by atoms with Crippen molar-refractivity contribution in [2.24, 2.45) is 0 Å². The largest absolute Gasteiger partial charge is 0.481 e. The molecule has 1 unspecified atom stereocenters. The fourth-order valence-electron chi connectivity index (χ4n) is 2.21. The molecule has 1 aliphatic rings. The van der Waals surface area contributed by atoms with Crippen molar-refractivity contribution in [1.82, 2.24) is 10.2 Å². The van der Waals surface area contributed by atoms with Gasteiger partial charge in [0.05, 0.1) is 6.04 Å². The maximum atomic E-state index is 12.1. The van der Waals surface area contributed by atoms with Gasteiger partial charge in [-0.05, 0) is 32.7 Å². The van der Waals surface area contributed by atoms with E-state index < -0.39 is 5.97 Å². The van der Waals surface area contributed by atoms with Crippen molar-refractivity contribution in [2.75, 3.05) is 19.6 Å². The summed E-state index contributed by atoms with van der Waals surface area (Å²) >= 11 is 0. The predicted octanol–water partition coefficient (Wildman–Crippen LogP) is 1.23. The van der Waals surface area contributed by atoms with Gasteiger partial charge in [-0.3, -0.25) is 9.59 Å². The second kappa shape index (κ2) is 8.08. The molecule has 1 rings (SSSR count). The summed E-state index contributed by atoms with van der Waals surface area (Å²) < 4.78 is 0. The number of carboxylic acids is 1. The second-order valence-corrected chi connectivity index (χ2v) is 4.91. The predicted molar refractivity (Wildman–Crippen MR) is 69.4 cm³/mol. The maximum Gasteiger partial charge on any atom is 0.303 e. The summed E-state index contributed by atoms with van der Waals surface area (Å²) in [4.78, 5) is 24.4. The first kappa shape index (κ1) is 15.0. The number of likely N-dealkylation sites (tertiary alicyclic amines) is 1. The molecule has 0 bridgehead atoms. The van der Waals surface area contributed by atoms with Crippen molar-refractivity contribution in [3.63, 3.8) is 0 Å². The van der Waals surface area contributed by atoms with Crippen LogP contribution in [0.25, 0.3) is 0 Å². The van der Waals surface area contributed by atoms with E-state index in [0.29, 0.717) is 13.0 Å². The van der Waals surface area contributed by atoms with E-state index in [1.807, 2.05) is 11.8 Å². The van der Waals surface area contributed by atoms with Gasteiger partial charge in [0.1, 0.15) is 0 Å². The molecular formula is C13H24N2O3. The van der Waals surface area contributed by atoms with Crippen molar-refractivity contribution in [3.05, 3.63) is 0 Å². The fraction of sp³-hybridized carbons (Fsp3) is 0.846. The number of nitrogens with one attached hydrogen (secondary N) is 1. The normalized spacial score (nSPS) is 18.2. The fourth-order valence-corrected chi connectivity index (χ4v) is 2.21. The van der Waals surface area contributed by atoms with Gasteiger partial charge in [0.2, 0.25) is 5.91 Å². The zero-order valence-corrected chi connectivity index (χ0v) is 11.2. The Morgan fingerprint density at radius 3 is 2.39 bits per heavy atom. The Morgan fingerprint density at radius 1 is 1.22 bits per heavy atom. The van der Waals surface area contributed by atoms with Crippen molar-refractivity contribution in [2.45, 2.75) is 51.5 Å². The first-order valence-corrected chi connectivity index (χ1v) is 6.85. The molecule has 104 valence electrons. The van der Waals surface area contributed by atoms with Gasteiger partial charge < -0.3 is 15.3 Å². The Bertz CT molecular complexity index is 273. The molecule has 0 aromatic heterocycles. The highest BCUT2D eigenvalue weighted by molar-refractivity contribution is 5.81. The van der Waals surface area contributed by atoms with Crippen LogP contribution in [0, 0.1) is 0 Å². The van der Waals surface area contributed by atoms with Crippen LogP contribution in [-0.2, 0) is 9.59 Å². The molecule has 0 aliphatic carbocycles. The molecule has 0 aromatic carbocycles. The number of carbonyl (C=O) groups is 2. The lowest BCUT2D eigenvalue weighted by Crippen LogP contribution is -2.45. The van der Waals surface area contributed by atoms with Crippen LogP contribution < -0.4 is 5.32 Å². The first-order valence-electron chi connectivity index (χ1n) is 6.85. The van der Waals surface area contributed by atoms with Gasteiger partial charge in [0.15, 0.2) is 0 Å². The van der Waals surface area contributed by atoms with Gasteiger partial charge in [-0.2, -0.15) is 0 Å². The molecule has 0 spiro atoms. The van der Waals surface area contributed by atoms with Gasteiger partial charge in [0.25, 0.3) is 0 Å². The van der Waals surface area contributed by atoms with E-state index in [4.69, 9.17) is 5.11 Å². The smallest absolute Gasteiger partial charge is 0.303 e. The van der Waals surface area contributed by atoms with Crippen molar-refractivity contribution in [1.29, 1.82) is 0 Å². The van der Waals surface area contributed by atoms with Crippen LogP contribution in [0.2, 0.25) is 0 Å². The highest BCUT2D eigenvalue weighted by Crippen LogP contribution is 2.10. The Morgan fingerprint density at radius 2 is 1.83 bits per heavy atom. The molecule has 1 fully saturated rings. The summed E-state index contributed by atoms with van der Waals surface area (Å²) in [5.74, 6) is -0.643. The third kappa shape index (κ3) is 5.49. The van der Waals surface area contributed by atoms with E-state index in [1.54, 1.807) is 0 Å². The number of aliphatic carboxylic acids is 1. The third-order valence-electron chi connectivity index (χ3n) is 3.31. The first-order chi connectivity index (χ1) is 8.61. The molecule has 0 saturated carbocycles. The molecule has 0 radical (unpaired) electrons. The number of nitrogens with zero attached hydrogens (tertiary/aromatic N) is 1. The second-order valence-electron chi connectivity index (χ2n) is 4.91. The van der Waals surface area contributed by atoms with Crippen LogP contribution in [0.1, 0.15) is 45.4 Å². The third-order valence-corrected chi connectivity index (χ3v) is 3.31. The zero-order valence-electron chi connectivity index (χ0n) is 11.2. The molecule has 0 aromatic rings. The lowest BCUT2D eigenvalue weighted by Gasteiger charge is -2.24. The summed E-state index contributed by atoms with van der Waals surface area (Å²) in [6.07, 6.45) is 5.33. The monoisotopic (exact) mass is 256 g/mol. The number of hydrogen-bond donors (Lipinski definition) is 2. The van der Waals surface area contributed by atoms with Gasteiger partial charge in [0, 0.05) is 19.5 Å². The van der Waals surface area contributed by atoms with Crippen LogP contribution in [-0.4, -0.2) is 47.6 Å². The Hall–Kier alpha value is -1.10. The van der Waals surface area contributed by atoms with Crippen LogP contribution in [0.15, 0.2) is 0 Å². The number of carbonyl (C=O) groups excluding carboxylic acids is 1. The van der Waals surface area contributed by atoms with Crippen molar-refractivity contribution in [3.8, 4) is 0 Å². The van der Waals surface area contributed by atoms with Crippen LogP contribution >= 0.6 is 0 Å². The average molecular weight is 256 g/mol. The number of hydrogen-bond acceptors (Lipinski definition) is 3. The molecule has 1 heterocycles. The van der Waals surface area contributed by atoms with Crippen molar-refractivity contribution < 1.29 is 14.7 Å². The molecule has 18 heavy (non-hydrogen) atoms. The summed E-state index contributed by atoms with van der Waals surface area (Å²) in [7, 11) is 0. The molecule has 1 aliphatic heterocycles. The summed E-state index contributed by atoms with van der Waals surface area (Å²) in [6.45, 7) is 4.15. The highest BCUT2D eigenvalue weighted by Gasteiger charge is 2.20. The lowest BCUT2D eigenvalue weighted by molar-refractivity contribution is -0.137. The quantitative estimate of drug-likeness (QED) is 0.701. The molecule has 5 nitrogen and oxygen atoms in total. The van der Waals surface area contributed by atoms with Crippen molar-refractivity contribution >= 4 is 11.9 Å². The molecule has 2 N–H and O–H groups in total. The van der Waals surface area contributed by atoms with Gasteiger partial charge in [-0.25, -0.2) is 0 Å². The number of rotatable bonds is 6. The highest BCUT2D eigenvalue weighted by atomic mass is 16.4. The zero-order chi connectivity index (χ0) is 13.4. The lowest BCUT2D eigenvalue weighted by atomic mass is 10.2. The minimum atomic E-state index is -0.789. The molecular weight excluding hydrogens is 232 g/mol. The van der Waals surface area contributed by atoms with Gasteiger partial charge >= 0.3 is 5.97 Å². The van der Waals surface area contributed by atoms with Gasteiger partial charge in [-0.15, -0.1) is 0 Å². The average Bonchev–Trinajstić information content (AvgIpc) is 2.61. The van der Waals surface area contributed by atoms with E-state index >= 15 is 0 Å². The van der Waals surface area contributed by atoms with Crippen LogP contribution in [0.5, 0.6) is 0 Å². The van der Waals surface area contributed by atoms with E-state index in [-0.39, 0.29) is 18.4 Å². The molecule has 1 saturated heterocycles. The van der Waals surface area contributed by atoms with Crippen LogP contribution in [0.3, 0.4) is 0 Å². The topological polar surface area (TPSA) is 69.6 Å². The maximum absolute atomic E-state index is 12.1. The number of amides is 1. The van der Waals surface area contributed by atoms with E-state index in [1.165, 1.54) is 12.8 Å². The summed E-state index contributed by atoms with van der Waals surface area (Å²) in [5, 5.41) is 11.6. The Balaban J connectivity index is 2.24. The van der Waals surface area contributed by atoms with E-state index in [2.05, 4.69) is 5.32 Å². The Labute approximate surface area is 109 Å². The molecule has 5 heteroatoms. The minimum Gasteiger partial charge on any atom is -0.481 e. The molecule has 1 atom stereocenters. The minimum absolute atomic E-state index is 0.146. The number of carboxylic acid groups (broad SMARTS) is 1. The summed E-state index contributed by atoms with van der Waals surface area (Å²) in [5.41, 5.74) is 0. The van der Waals surface area contributed by atoms with E-state index in [9.17, 15) is 9.59 Å². The summed E-state index contributed by atoms with van der Waals surface area (Å²) in [6, 6.07) is -0.211. The molecule has 1 amide bonds. The SMILES string of the molecule is CC(NCCCC(=O)O)C(=O)N1CCCCCC1. The van der Waals surface area contributed by atoms with E-state index in [0.717, 1.165) is 25.9 Å². The van der Waals surface area contributed by atoms with Gasteiger partial charge in [-0.1, -0.05) is 12.8 Å². The van der Waals surface area contributed by atoms with Crippen LogP contribution in [0.4, 0.5) is 0 Å². The standard InChI is InChI=1S/C13H24N2O3/c1-11(14-8-6-7-12(16)17)13(18)15-9-4-2-3-5-10-15/h11,14H,2-10H2,1H3,(H,16,17).